The number of aliphatic carboxylic acids is 1. The Hall–Kier alpha value is -2.96. The van der Waals surface area contributed by atoms with Crippen LogP contribution in [0.25, 0.3) is 0 Å². The third kappa shape index (κ3) is 3.31. The molecule has 7 heteroatoms. The number of nitrogens with two attached hydrogens (primary N) is 1. The average Bonchev–Trinajstić information content (AvgIpc) is 2.93. The van der Waals surface area contributed by atoms with Gasteiger partial charge in [0.25, 0.3) is 0 Å². The summed E-state index contributed by atoms with van der Waals surface area (Å²) in [5.74, 6) is 1.43. The smallest absolute Gasteiger partial charge is 0.303 e. The molecule has 3 N–H and O–H groups in total. The van der Waals surface area contributed by atoms with Crippen molar-refractivity contribution in [3.8, 4) is 5.88 Å². The van der Waals surface area contributed by atoms with E-state index in [9.17, 15) is 9.90 Å². The molecule has 3 bridgehead atoms. The van der Waals surface area contributed by atoms with Crippen molar-refractivity contribution in [1.82, 2.24) is 9.97 Å². The topological polar surface area (TPSA) is 111 Å². The monoisotopic (exact) mass is 460 g/mol. The van der Waals surface area contributed by atoms with E-state index >= 15 is 0 Å². The summed E-state index contributed by atoms with van der Waals surface area (Å²) in [4.78, 5) is 24.8. The lowest BCUT2D eigenvalue weighted by Crippen LogP contribution is -2.41. The molecule has 1 aromatic carbocycles. The summed E-state index contributed by atoms with van der Waals surface area (Å²) in [7, 11) is 0. The highest BCUT2D eigenvalue weighted by Gasteiger charge is 2.57. The van der Waals surface area contributed by atoms with Crippen LogP contribution < -0.4 is 10.5 Å². The van der Waals surface area contributed by atoms with E-state index in [4.69, 9.17) is 15.5 Å². The van der Waals surface area contributed by atoms with Crippen LogP contribution in [-0.2, 0) is 10.2 Å². The van der Waals surface area contributed by atoms with E-state index in [1.165, 1.54) is 31.2 Å². The van der Waals surface area contributed by atoms with Gasteiger partial charge in [0, 0.05) is 5.56 Å². The van der Waals surface area contributed by atoms with Gasteiger partial charge in [0.1, 0.15) is 11.9 Å². The van der Waals surface area contributed by atoms with Crippen LogP contribution in [0.1, 0.15) is 76.3 Å². The lowest BCUT2D eigenvalue weighted by molar-refractivity contribution is -0.140. The maximum Gasteiger partial charge on any atom is 0.303 e. The van der Waals surface area contributed by atoms with E-state index in [2.05, 4.69) is 34.2 Å². The summed E-state index contributed by atoms with van der Waals surface area (Å²) in [6.07, 6.45) is 9.70. The maximum atomic E-state index is 11.8. The highest BCUT2D eigenvalue weighted by molar-refractivity contribution is 6.09. The third-order valence-corrected chi connectivity index (χ3v) is 8.91. The molecule has 1 aliphatic heterocycles. The summed E-state index contributed by atoms with van der Waals surface area (Å²) < 4.78 is 6.15. The van der Waals surface area contributed by atoms with Gasteiger partial charge in [-0.2, -0.15) is 4.98 Å². The number of nitrogen functional groups attached to an aromatic ring is 1. The van der Waals surface area contributed by atoms with Gasteiger partial charge in [0.2, 0.25) is 5.88 Å². The number of carbonyl (C=O) groups is 1. The molecular weight excluding hydrogens is 428 g/mol. The molecule has 4 unspecified atom stereocenters. The molecule has 4 aliphatic rings. The molecule has 3 saturated carbocycles. The molecule has 1 aromatic heterocycles. The molecule has 2 aromatic rings. The first-order valence-corrected chi connectivity index (χ1v) is 12.4. The molecule has 4 atom stereocenters. The van der Waals surface area contributed by atoms with Gasteiger partial charge in [-0.25, -0.2) is 9.98 Å². The highest BCUT2D eigenvalue weighted by atomic mass is 16.5. The second-order valence-corrected chi connectivity index (χ2v) is 11.6. The Bertz CT molecular complexity index is 1190. The van der Waals surface area contributed by atoms with Crippen LogP contribution in [0.5, 0.6) is 5.88 Å². The van der Waals surface area contributed by atoms with Gasteiger partial charge in [0.05, 0.1) is 12.1 Å². The van der Waals surface area contributed by atoms with Crippen molar-refractivity contribution in [2.75, 3.05) is 5.73 Å². The number of aromatic nitrogens is 2. The van der Waals surface area contributed by atoms with E-state index in [0.717, 1.165) is 37.0 Å². The number of hydrogen-bond donors (Lipinski definition) is 2. The number of carboxylic acid groups (broad SMARTS) is 1. The van der Waals surface area contributed by atoms with Crippen LogP contribution >= 0.6 is 0 Å². The molecule has 3 aliphatic carbocycles. The van der Waals surface area contributed by atoms with Crippen LogP contribution in [0.4, 0.5) is 11.5 Å². The van der Waals surface area contributed by atoms with Crippen molar-refractivity contribution in [2.24, 2.45) is 22.2 Å². The Morgan fingerprint density at radius 2 is 1.91 bits per heavy atom. The number of aliphatic imine (C=N–C) groups is 1. The average molecular weight is 461 g/mol. The quantitative estimate of drug-likeness (QED) is 0.660. The van der Waals surface area contributed by atoms with E-state index in [1.54, 1.807) is 0 Å². The lowest BCUT2D eigenvalue weighted by atomic mass is 9.57. The zero-order valence-electron chi connectivity index (χ0n) is 19.9. The third-order valence-electron chi connectivity index (χ3n) is 8.91. The second kappa shape index (κ2) is 7.27. The molecule has 6 rings (SSSR count). The number of rotatable bonds is 4. The second-order valence-electron chi connectivity index (χ2n) is 11.6. The van der Waals surface area contributed by atoms with Crippen molar-refractivity contribution in [3.63, 3.8) is 0 Å². The van der Waals surface area contributed by atoms with Crippen LogP contribution in [-0.4, -0.2) is 32.4 Å². The summed E-state index contributed by atoms with van der Waals surface area (Å²) in [6.45, 7) is 3.97. The van der Waals surface area contributed by atoms with Crippen molar-refractivity contribution >= 4 is 23.2 Å². The minimum absolute atomic E-state index is 0.0387. The standard InChI is InChI=1S/C27H32N4O3/c1-25(2)22(31-21-23(28)29-15-30-24(21)34-25)16-5-7-19(8-6-16)27-9-3-4-17-10-26(14-27,13-20(32)33)11-18(17)12-27/h5-8,15,17-18H,3-4,9-14H2,1-2H3,(H,32,33)(H2,28,29,30). The largest absolute Gasteiger partial charge is 0.481 e. The van der Waals surface area contributed by atoms with Crippen molar-refractivity contribution in [1.29, 1.82) is 0 Å². The molecule has 2 heterocycles. The Balaban J connectivity index is 1.36. The number of carboxylic acids is 1. The SMILES string of the molecule is CC1(C)Oc2ncnc(N)c2N=C1c1ccc(C23CCCC4CC(CC(=O)O)(CC4C2)C3)cc1. The van der Waals surface area contributed by atoms with Gasteiger partial charge in [-0.1, -0.05) is 37.1 Å². The first-order valence-electron chi connectivity index (χ1n) is 12.4. The predicted molar refractivity (Wildman–Crippen MR) is 129 cm³/mol. The fourth-order valence-corrected chi connectivity index (χ4v) is 7.81. The van der Waals surface area contributed by atoms with Gasteiger partial charge in [-0.05, 0) is 74.2 Å². The summed E-state index contributed by atoms with van der Waals surface area (Å²) >= 11 is 0. The Kier molecular flexibility index (Phi) is 4.61. The molecule has 0 spiro atoms. The fourth-order valence-electron chi connectivity index (χ4n) is 7.81. The van der Waals surface area contributed by atoms with Crippen molar-refractivity contribution in [2.45, 2.75) is 76.2 Å². The van der Waals surface area contributed by atoms with Crippen molar-refractivity contribution < 1.29 is 14.6 Å². The predicted octanol–water partition coefficient (Wildman–Crippen LogP) is 5.05. The minimum Gasteiger partial charge on any atom is -0.481 e. The summed E-state index contributed by atoms with van der Waals surface area (Å²) in [6, 6.07) is 8.77. The first kappa shape index (κ1) is 21.6. The van der Waals surface area contributed by atoms with Crippen LogP contribution in [0.3, 0.4) is 0 Å². The lowest BCUT2D eigenvalue weighted by Gasteiger charge is -2.46. The Labute approximate surface area is 199 Å². The Morgan fingerprint density at radius 3 is 2.68 bits per heavy atom. The van der Waals surface area contributed by atoms with Gasteiger partial charge >= 0.3 is 5.97 Å². The molecule has 7 nitrogen and oxygen atoms in total. The zero-order chi connectivity index (χ0) is 23.7. The van der Waals surface area contributed by atoms with Crippen LogP contribution in [0.15, 0.2) is 35.6 Å². The first-order chi connectivity index (χ1) is 16.2. The van der Waals surface area contributed by atoms with E-state index < -0.39 is 11.6 Å². The van der Waals surface area contributed by atoms with Gasteiger partial charge in [0.15, 0.2) is 11.5 Å². The van der Waals surface area contributed by atoms with Gasteiger partial charge < -0.3 is 15.6 Å². The molecule has 0 saturated heterocycles. The van der Waals surface area contributed by atoms with Gasteiger partial charge in [-0.15, -0.1) is 0 Å². The number of hydrogen-bond acceptors (Lipinski definition) is 6. The van der Waals surface area contributed by atoms with Gasteiger partial charge in [-0.3, -0.25) is 4.79 Å². The van der Waals surface area contributed by atoms with E-state index in [-0.39, 0.29) is 10.8 Å². The molecular formula is C27H32N4O3. The number of ether oxygens (including phenoxy) is 1. The normalized spacial score (nSPS) is 32.9. The molecule has 0 radical (unpaired) electrons. The number of nitrogens with zero attached hydrogens (tertiary/aromatic N) is 3. The number of fused-ring (bicyclic) bond motifs is 3. The zero-order valence-corrected chi connectivity index (χ0v) is 19.9. The molecule has 34 heavy (non-hydrogen) atoms. The van der Waals surface area contributed by atoms with E-state index in [1.807, 2.05) is 13.8 Å². The molecule has 3 fully saturated rings. The van der Waals surface area contributed by atoms with E-state index in [0.29, 0.717) is 35.6 Å². The Morgan fingerprint density at radius 1 is 1.15 bits per heavy atom. The minimum atomic E-state index is -0.654. The number of anilines is 1. The van der Waals surface area contributed by atoms with Crippen LogP contribution in [0.2, 0.25) is 0 Å². The molecule has 178 valence electrons. The maximum absolute atomic E-state index is 11.8. The van der Waals surface area contributed by atoms with Crippen molar-refractivity contribution in [3.05, 3.63) is 41.7 Å². The number of benzene rings is 1. The molecule has 0 amide bonds. The summed E-state index contributed by atoms with van der Waals surface area (Å²) in [5.41, 5.74) is 9.05. The highest BCUT2D eigenvalue weighted by Crippen LogP contribution is 2.66. The van der Waals surface area contributed by atoms with Crippen LogP contribution in [0, 0.1) is 17.3 Å². The summed E-state index contributed by atoms with van der Waals surface area (Å²) in [5, 5.41) is 9.67. The fraction of sp³-hybridized carbons (Fsp3) is 0.556.